The number of carboxylic acid groups (broad SMARTS) is 1. The van der Waals surface area contributed by atoms with Crippen LogP contribution in [0.15, 0.2) is 61.4 Å². The van der Waals surface area contributed by atoms with Gasteiger partial charge in [0.1, 0.15) is 11.2 Å². The van der Waals surface area contributed by atoms with Crippen molar-refractivity contribution in [3.05, 3.63) is 67.0 Å². The largest absolute Gasteiger partial charge is 0.480 e. The van der Waals surface area contributed by atoms with Crippen molar-refractivity contribution in [1.82, 2.24) is 0 Å². The van der Waals surface area contributed by atoms with Gasteiger partial charge in [-0.15, -0.1) is 0 Å². The quantitative estimate of drug-likeness (QED) is 0.649. The standard InChI is InChI=1S/C16H16O3/c1-2-19-14-9-5-4-8-13(14)12-16(15(17)18)10-6-3-7-11-16/h2,4-11H,1,3,12H2,(H,17,18). The van der Waals surface area contributed by atoms with Gasteiger partial charge in [-0.05, 0) is 24.5 Å². The molecule has 0 saturated carbocycles. The zero-order chi connectivity index (χ0) is 13.7. The van der Waals surface area contributed by atoms with Crippen LogP contribution < -0.4 is 4.74 Å². The van der Waals surface area contributed by atoms with Crippen molar-refractivity contribution in [3.63, 3.8) is 0 Å². The van der Waals surface area contributed by atoms with E-state index in [2.05, 4.69) is 6.58 Å². The number of rotatable bonds is 5. The third kappa shape index (κ3) is 2.76. The average molecular weight is 256 g/mol. The number of carboxylic acids is 1. The first-order chi connectivity index (χ1) is 9.18. The minimum Gasteiger partial charge on any atom is -0.480 e. The Labute approximate surface area is 112 Å². The molecular weight excluding hydrogens is 240 g/mol. The molecule has 2 rings (SSSR count). The van der Waals surface area contributed by atoms with Crippen LogP contribution in [0.1, 0.15) is 12.0 Å². The number of carbonyl (C=O) groups is 1. The summed E-state index contributed by atoms with van der Waals surface area (Å²) in [6.07, 6.45) is 9.74. The second-order valence-electron chi connectivity index (χ2n) is 4.45. The van der Waals surface area contributed by atoms with Gasteiger partial charge in [0.25, 0.3) is 0 Å². The third-order valence-corrected chi connectivity index (χ3v) is 3.17. The monoisotopic (exact) mass is 256 g/mol. The highest BCUT2D eigenvalue weighted by Gasteiger charge is 2.35. The van der Waals surface area contributed by atoms with Gasteiger partial charge >= 0.3 is 5.97 Å². The predicted molar refractivity (Wildman–Crippen MR) is 73.9 cm³/mol. The molecule has 0 aromatic heterocycles. The van der Waals surface area contributed by atoms with E-state index in [1.165, 1.54) is 6.26 Å². The van der Waals surface area contributed by atoms with E-state index < -0.39 is 11.4 Å². The number of hydrogen-bond donors (Lipinski definition) is 1. The second kappa shape index (κ2) is 5.57. The van der Waals surface area contributed by atoms with E-state index in [9.17, 15) is 9.90 Å². The van der Waals surface area contributed by atoms with E-state index in [-0.39, 0.29) is 0 Å². The molecule has 98 valence electrons. The summed E-state index contributed by atoms with van der Waals surface area (Å²) in [5.74, 6) is -0.210. The molecule has 1 N–H and O–H groups in total. The van der Waals surface area contributed by atoms with Gasteiger partial charge in [0, 0.05) is 0 Å². The minimum absolute atomic E-state index is 0.360. The van der Waals surface area contributed by atoms with Crippen LogP contribution >= 0.6 is 0 Å². The van der Waals surface area contributed by atoms with Crippen molar-refractivity contribution in [2.75, 3.05) is 0 Å². The highest BCUT2D eigenvalue weighted by Crippen LogP contribution is 2.33. The molecule has 19 heavy (non-hydrogen) atoms. The lowest BCUT2D eigenvalue weighted by Crippen LogP contribution is -2.30. The lowest BCUT2D eigenvalue weighted by atomic mass is 9.78. The van der Waals surface area contributed by atoms with Crippen LogP contribution in [0.3, 0.4) is 0 Å². The lowest BCUT2D eigenvalue weighted by molar-refractivity contribution is -0.143. The molecule has 3 heteroatoms. The normalized spacial score (nSPS) is 16.0. The van der Waals surface area contributed by atoms with Gasteiger partial charge in [-0.25, -0.2) is 0 Å². The van der Waals surface area contributed by atoms with Crippen LogP contribution in [-0.2, 0) is 11.2 Å². The summed E-state index contributed by atoms with van der Waals surface area (Å²) >= 11 is 0. The van der Waals surface area contributed by atoms with Crippen LogP contribution in [0.5, 0.6) is 5.75 Å². The van der Waals surface area contributed by atoms with Gasteiger partial charge in [-0.3, -0.25) is 4.79 Å². The molecule has 1 aromatic rings. The number of para-hydroxylation sites is 1. The van der Waals surface area contributed by atoms with Crippen LogP contribution in [0.2, 0.25) is 0 Å². The van der Waals surface area contributed by atoms with Gasteiger partial charge < -0.3 is 9.84 Å². The summed E-state index contributed by atoms with van der Waals surface area (Å²) in [5, 5.41) is 9.51. The Morgan fingerprint density at radius 2 is 2.05 bits per heavy atom. The summed E-state index contributed by atoms with van der Waals surface area (Å²) in [6, 6.07) is 7.40. The molecule has 0 bridgehead atoms. The molecule has 0 spiro atoms. The second-order valence-corrected chi connectivity index (χ2v) is 4.45. The molecule has 0 aliphatic heterocycles. The van der Waals surface area contributed by atoms with Crippen molar-refractivity contribution in [3.8, 4) is 5.75 Å². The van der Waals surface area contributed by atoms with Gasteiger partial charge in [0.15, 0.2) is 0 Å². The van der Waals surface area contributed by atoms with Gasteiger partial charge in [0.05, 0.1) is 6.26 Å². The zero-order valence-corrected chi connectivity index (χ0v) is 10.6. The van der Waals surface area contributed by atoms with E-state index in [4.69, 9.17) is 4.74 Å². The van der Waals surface area contributed by atoms with Crippen molar-refractivity contribution in [2.45, 2.75) is 12.8 Å². The molecule has 0 atom stereocenters. The molecule has 0 fully saturated rings. The van der Waals surface area contributed by atoms with Gasteiger partial charge in [-0.1, -0.05) is 49.1 Å². The Bertz CT molecular complexity index is 529. The maximum atomic E-state index is 11.6. The van der Waals surface area contributed by atoms with E-state index >= 15 is 0 Å². The number of benzene rings is 1. The van der Waals surface area contributed by atoms with E-state index in [0.29, 0.717) is 12.2 Å². The predicted octanol–water partition coefficient (Wildman–Crippen LogP) is 3.34. The Balaban J connectivity index is 2.35. The third-order valence-electron chi connectivity index (χ3n) is 3.17. The molecule has 0 amide bonds. The minimum atomic E-state index is -0.987. The summed E-state index contributed by atoms with van der Waals surface area (Å²) in [7, 11) is 0. The Kier molecular flexibility index (Phi) is 3.85. The number of aliphatic carboxylic acids is 1. The Morgan fingerprint density at radius 1 is 1.37 bits per heavy atom. The van der Waals surface area contributed by atoms with E-state index in [0.717, 1.165) is 12.0 Å². The molecule has 3 nitrogen and oxygen atoms in total. The number of ether oxygens (including phenoxy) is 1. The fourth-order valence-corrected chi connectivity index (χ4v) is 2.20. The van der Waals surface area contributed by atoms with Crippen molar-refractivity contribution < 1.29 is 14.6 Å². The SMILES string of the molecule is C=COc1ccccc1CC1(C(=O)O)C=CCC=C1. The Morgan fingerprint density at radius 3 is 2.68 bits per heavy atom. The fourth-order valence-electron chi connectivity index (χ4n) is 2.20. The van der Waals surface area contributed by atoms with Gasteiger partial charge in [-0.2, -0.15) is 0 Å². The molecule has 0 radical (unpaired) electrons. The summed E-state index contributed by atoms with van der Waals surface area (Å²) < 4.78 is 5.33. The van der Waals surface area contributed by atoms with Crippen LogP contribution in [0, 0.1) is 5.41 Å². The first-order valence-electron chi connectivity index (χ1n) is 6.12. The number of hydrogen-bond acceptors (Lipinski definition) is 2. The lowest BCUT2D eigenvalue weighted by Gasteiger charge is -2.25. The summed E-state index contributed by atoms with van der Waals surface area (Å²) in [5.41, 5.74) is -0.139. The fraction of sp³-hybridized carbons (Fsp3) is 0.188. The zero-order valence-electron chi connectivity index (χ0n) is 10.6. The molecule has 1 aliphatic carbocycles. The van der Waals surface area contributed by atoms with Crippen molar-refractivity contribution in [1.29, 1.82) is 0 Å². The molecule has 1 aromatic carbocycles. The molecular formula is C16H16O3. The van der Waals surface area contributed by atoms with E-state index in [1.807, 2.05) is 36.4 Å². The molecule has 0 heterocycles. The smallest absolute Gasteiger partial charge is 0.317 e. The first kappa shape index (κ1) is 13.1. The molecule has 1 aliphatic rings. The molecule has 0 saturated heterocycles. The first-order valence-corrected chi connectivity index (χ1v) is 6.12. The highest BCUT2D eigenvalue weighted by atomic mass is 16.5. The summed E-state index contributed by atoms with van der Waals surface area (Å²) in [6.45, 7) is 3.53. The van der Waals surface area contributed by atoms with Crippen molar-refractivity contribution >= 4 is 5.97 Å². The van der Waals surface area contributed by atoms with Crippen LogP contribution in [0.4, 0.5) is 0 Å². The number of allylic oxidation sites excluding steroid dienone is 2. The summed E-state index contributed by atoms with van der Waals surface area (Å²) in [4.78, 5) is 11.6. The Hall–Kier alpha value is -2.29. The van der Waals surface area contributed by atoms with Gasteiger partial charge in [0.2, 0.25) is 0 Å². The molecule has 0 unspecified atom stereocenters. The van der Waals surface area contributed by atoms with Crippen molar-refractivity contribution in [2.24, 2.45) is 5.41 Å². The maximum absolute atomic E-state index is 11.6. The maximum Gasteiger partial charge on any atom is 0.317 e. The topological polar surface area (TPSA) is 46.5 Å². The average Bonchev–Trinajstić information content (AvgIpc) is 2.42. The highest BCUT2D eigenvalue weighted by molar-refractivity contribution is 5.80. The van der Waals surface area contributed by atoms with Crippen LogP contribution in [-0.4, -0.2) is 11.1 Å². The van der Waals surface area contributed by atoms with Crippen LogP contribution in [0.25, 0.3) is 0 Å². The van der Waals surface area contributed by atoms with E-state index in [1.54, 1.807) is 12.2 Å².